The Morgan fingerprint density at radius 1 is 1.20 bits per heavy atom. The van der Waals surface area contributed by atoms with Crippen molar-refractivity contribution in [3.8, 4) is 0 Å². The van der Waals surface area contributed by atoms with E-state index in [2.05, 4.69) is 4.98 Å². The molecule has 0 aliphatic rings. The van der Waals surface area contributed by atoms with Crippen molar-refractivity contribution in [2.45, 2.75) is 44.4 Å². The number of halogens is 5. The minimum atomic E-state index is -4.85. The minimum absolute atomic E-state index is 0.0519. The second-order valence-corrected chi connectivity index (χ2v) is 6.69. The summed E-state index contributed by atoms with van der Waals surface area (Å²) in [5.74, 6) is -1.22. The summed E-state index contributed by atoms with van der Waals surface area (Å²) in [5, 5.41) is 10.5. The maximum absolute atomic E-state index is 13.6. The van der Waals surface area contributed by atoms with E-state index < -0.39 is 36.4 Å². The molecule has 0 fully saturated rings. The lowest BCUT2D eigenvalue weighted by Crippen LogP contribution is -2.48. The molecule has 0 aliphatic carbocycles. The van der Waals surface area contributed by atoms with Crippen LogP contribution < -0.4 is 0 Å². The minimum Gasteiger partial charge on any atom is -0.380 e. The highest BCUT2D eigenvalue weighted by Gasteiger charge is 2.54. The Balaban J connectivity index is 2.32. The molecule has 2 aromatic rings. The maximum Gasteiger partial charge on any atom is 0.417 e. The van der Waals surface area contributed by atoms with Crippen LogP contribution >= 0.6 is 11.6 Å². The topological polar surface area (TPSA) is 33.1 Å². The number of hydrogen-bond donors (Lipinski definition) is 1. The third kappa shape index (κ3) is 4.70. The number of aryl methyl sites for hydroxylation is 1. The molecule has 0 aliphatic heterocycles. The third-order valence-electron chi connectivity index (χ3n) is 4.23. The van der Waals surface area contributed by atoms with Gasteiger partial charge in [0, 0.05) is 12.6 Å². The van der Waals surface area contributed by atoms with Gasteiger partial charge in [0.2, 0.25) is 0 Å². The Labute approximate surface area is 148 Å². The van der Waals surface area contributed by atoms with Crippen LogP contribution in [0.5, 0.6) is 0 Å². The molecule has 0 amide bonds. The van der Waals surface area contributed by atoms with Crippen LogP contribution in [0.3, 0.4) is 0 Å². The van der Waals surface area contributed by atoms with Crippen molar-refractivity contribution in [1.82, 2.24) is 4.98 Å². The SMILES string of the molecule is Cc1ccc(F)cc1C(C)CC(O)(Cc1ccnc(Cl)c1)C(F)(F)F. The number of pyridine rings is 1. The lowest BCUT2D eigenvalue weighted by atomic mass is 9.81. The number of alkyl halides is 3. The molecule has 0 bridgehead atoms. The van der Waals surface area contributed by atoms with Crippen molar-refractivity contribution in [3.63, 3.8) is 0 Å². The van der Waals surface area contributed by atoms with Gasteiger partial charge in [-0.2, -0.15) is 13.2 Å². The van der Waals surface area contributed by atoms with E-state index >= 15 is 0 Å². The average Bonchev–Trinajstić information content (AvgIpc) is 2.48. The molecule has 1 aromatic carbocycles. The smallest absolute Gasteiger partial charge is 0.380 e. The van der Waals surface area contributed by atoms with Crippen LogP contribution in [0, 0.1) is 12.7 Å². The highest BCUT2D eigenvalue weighted by Crippen LogP contribution is 2.41. The molecule has 2 nitrogen and oxygen atoms in total. The predicted octanol–water partition coefficient (Wildman–Crippen LogP) is 5.21. The van der Waals surface area contributed by atoms with E-state index in [-0.39, 0.29) is 10.7 Å². The summed E-state index contributed by atoms with van der Waals surface area (Å²) in [6, 6.07) is 6.63. The highest BCUT2D eigenvalue weighted by atomic mass is 35.5. The standard InChI is InChI=1S/C18H18ClF4NO/c1-11-3-4-14(20)8-15(11)12(2)9-17(25,18(21,22)23)10-13-5-6-24-16(19)7-13/h3-8,12,25H,9-10H2,1-2H3. The highest BCUT2D eigenvalue weighted by molar-refractivity contribution is 6.29. The lowest BCUT2D eigenvalue weighted by Gasteiger charge is -2.33. The Kier molecular flexibility index (Phi) is 5.74. The van der Waals surface area contributed by atoms with Gasteiger partial charge in [0.1, 0.15) is 11.0 Å². The molecular weight excluding hydrogens is 358 g/mol. The monoisotopic (exact) mass is 375 g/mol. The molecule has 25 heavy (non-hydrogen) atoms. The molecule has 2 unspecified atom stereocenters. The van der Waals surface area contributed by atoms with Gasteiger partial charge in [-0.05, 0) is 60.2 Å². The average molecular weight is 376 g/mol. The molecular formula is C18H18ClF4NO. The Morgan fingerprint density at radius 3 is 2.48 bits per heavy atom. The second-order valence-electron chi connectivity index (χ2n) is 6.30. The fourth-order valence-corrected chi connectivity index (χ4v) is 3.13. The Bertz CT molecular complexity index is 750. The summed E-state index contributed by atoms with van der Waals surface area (Å²) < 4.78 is 54.2. The number of rotatable bonds is 5. The van der Waals surface area contributed by atoms with E-state index in [1.54, 1.807) is 6.92 Å². The summed E-state index contributed by atoms with van der Waals surface area (Å²) in [7, 11) is 0. The number of aliphatic hydroxyl groups is 1. The van der Waals surface area contributed by atoms with Crippen LogP contribution in [-0.4, -0.2) is 21.9 Å². The van der Waals surface area contributed by atoms with E-state index in [1.165, 1.54) is 43.5 Å². The fourth-order valence-electron chi connectivity index (χ4n) is 2.94. The second kappa shape index (κ2) is 7.30. The summed E-state index contributed by atoms with van der Waals surface area (Å²) in [4.78, 5) is 3.72. The Hall–Kier alpha value is -1.66. The Morgan fingerprint density at radius 2 is 1.88 bits per heavy atom. The van der Waals surface area contributed by atoms with Crippen LogP contribution in [0.4, 0.5) is 17.6 Å². The summed E-state index contributed by atoms with van der Waals surface area (Å²) >= 11 is 5.71. The molecule has 2 rings (SSSR count). The summed E-state index contributed by atoms with van der Waals surface area (Å²) in [6.45, 7) is 3.23. The third-order valence-corrected chi connectivity index (χ3v) is 4.44. The quantitative estimate of drug-likeness (QED) is 0.574. The van der Waals surface area contributed by atoms with Crippen LogP contribution in [0.15, 0.2) is 36.5 Å². The molecule has 1 N–H and O–H groups in total. The first-order valence-corrected chi connectivity index (χ1v) is 8.05. The molecule has 1 aromatic heterocycles. The van der Waals surface area contributed by atoms with Gasteiger partial charge in [0.05, 0.1) is 0 Å². The summed E-state index contributed by atoms with van der Waals surface area (Å²) in [5.41, 5.74) is -1.63. The van der Waals surface area contributed by atoms with Gasteiger partial charge < -0.3 is 5.11 Å². The molecule has 2 atom stereocenters. The zero-order valence-electron chi connectivity index (χ0n) is 13.7. The molecule has 1 heterocycles. The fraction of sp³-hybridized carbons (Fsp3) is 0.389. The number of nitrogens with zero attached hydrogens (tertiary/aromatic N) is 1. The van der Waals surface area contributed by atoms with E-state index in [1.807, 2.05) is 0 Å². The normalized spacial score (nSPS) is 15.7. The van der Waals surface area contributed by atoms with Crippen molar-refractivity contribution in [2.24, 2.45) is 0 Å². The predicted molar refractivity (Wildman–Crippen MR) is 88.1 cm³/mol. The molecule has 0 radical (unpaired) electrons. The first-order chi connectivity index (χ1) is 11.5. The van der Waals surface area contributed by atoms with Gasteiger partial charge in [-0.3, -0.25) is 0 Å². The number of benzene rings is 1. The molecule has 136 valence electrons. The molecule has 0 spiro atoms. The van der Waals surface area contributed by atoms with Crippen LogP contribution in [-0.2, 0) is 6.42 Å². The van der Waals surface area contributed by atoms with Crippen LogP contribution in [0.25, 0.3) is 0 Å². The van der Waals surface area contributed by atoms with E-state index in [0.29, 0.717) is 11.1 Å². The van der Waals surface area contributed by atoms with Crippen LogP contribution in [0.1, 0.15) is 36.0 Å². The summed E-state index contributed by atoms with van der Waals surface area (Å²) in [6.07, 6.45) is -4.81. The maximum atomic E-state index is 13.6. The van der Waals surface area contributed by atoms with Crippen molar-refractivity contribution in [1.29, 1.82) is 0 Å². The largest absolute Gasteiger partial charge is 0.417 e. The van der Waals surface area contributed by atoms with Gasteiger partial charge in [-0.15, -0.1) is 0 Å². The van der Waals surface area contributed by atoms with Gasteiger partial charge >= 0.3 is 6.18 Å². The van der Waals surface area contributed by atoms with Crippen molar-refractivity contribution >= 4 is 11.6 Å². The molecule has 7 heteroatoms. The van der Waals surface area contributed by atoms with Crippen molar-refractivity contribution < 1.29 is 22.7 Å². The van der Waals surface area contributed by atoms with E-state index in [4.69, 9.17) is 11.6 Å². The van der Waals surface area contributed by atoms with E-state index in [9.17, 15) is 22.7 Å². The van der Waals surface area contributed by atoms with Crippen LogP contribution in [0.2, 0.25) is 5.15 Å². The first-order valence-electron chi connectivity index (χ1n) is 7.67. The molecule has 0 saturated heterocycles. The molecule has 0 saturated carbocycles. The number of hydrogen-bond acceptors (Lipinski definition) is 2. The zero-order valence-corrected chi connectivity index (χ0v) is 14.5. The van der Waals surface area contributed by atoms with Gasteiger partial charge in [0.15, 0.2) is 5.60 Å². The van der Waals surface area contributed by atoms with Gasteiger partial charge in [-0.1, -0.05) is 24.6 Å². The van der Waals surface area contributed by atoms with Gasteiger partial charge in [-0.25, -0.2) is 9.37 Å². The van der Waals surface area contributed by atoms with Gasteiger partial charge in [0.25, 0.3) is 0 Å². The van der Waals surface area contributed by atoms with Crippen molar-refractivity contribution in [2.75, 3.05) is 0 Å². The zero-order chi connectivity index (χ0) is 18.8. The first kappa shape index (κ1) is 19.7. The lowest BCUT2D eigenvalue weighted by molar-refractivity contribution is -0.263. The number of aromatic nitrogens is 1. The van der Waals surface area contributed by atoms with Crippen molar-refractivity contribution in [3.05, 3.63) is 64.2 Å². The van der Waals surface area contributed by atoms with E-state index in [0.717, 1.165) is 0 Å².